The smallest absolute Gasteiger partial charge is 0.0998 e. The largest absolute Gasteiger partial charge is 0.366 e. The number of nitriles is 1. The fourth-order valence-corrected chi connectivity index (χ4v) is 9.69. The zero-order valence-electron chi connectivity index (χ0n) is 30.5. The number of anilines is 2. The van der Waals surface area contributed by atoms with Crippen molar-refractivity contribution >= 4 is 35.7 Å². The van der Waals surface area contributed by atoms with Crippen molar-refractivity contribution in [2.45, 2.75) is 153 Å². The lowest BCUT2D eigenvalue weighted by Gasteiger charge is -2.43. The van der Waals surface area contributed by atoms with Gasteiger partial charge in [-0.1, -0.05) is 138 Å². The number of benzene rings is 3. The molecule has 3 aromatic rings. The quantitative estimate of drug-likeness (QED) is 0.202. The van der Waals surface area contributed by atoms with Crippen LogP contribution in [0.1, 0.15) is 156 Å². The van der Waals surface area contributed by atoms with Crippen LogP contribution in [0.4, 0.5) is 11.4 Å². The van der Waals surface area contributed by atoms with Crippen LogP contribution in [0.3, 0.4) is 0 Å². The second-order valence-electron chi connectivity index (χ2n) is 15.8. The highest BCUT2D eigenvalue weighted by atomic mass is 15.2. The maximum absolute atomic E-state index is 10.0. The average Bonchev–Trinajstić information content (AvgIpc) is 3.19. The molecule has 0 heterocycles. The van der Waals surface area contributed by atoms with Crippen molar-refractivity contribution in [1.82, 2.24) is 0 Å². The highest BCUT2D eigenvalue weighted by Crippen LogP contribution is 2.36. The molecule has 3 heteroatoms. The van der Waals surface area contributed by atoms with Gasteiger partial charge in [-0.15, -0.1) is 0 Å². The fourth-order valence-electron chi connectivity index (χ4n) is 9.69. The Morgan fingerprint density at radius 1 is 0.420 bits per heavy atom. The van der Waals surface area contributed by atoms with Crippen molar-refractivity contribution in [1.29, 1.82) is 5.26 Å². The monoisotopic (exact) mass is 665 g/mol. The third-order valence-corrected chi connectivity index (χ3v) is 12.4. The van der Waals surface area contributed by atoms with E-state index < -0.39 is 0 Å². The first-order valence-electron chi connectivity index (χ1n) is 20.4. The minimum Gasteiger partial charge on any atom is -0.366 e. The van der Waals surface area contributed by atoms with Gasteiger partial charge in [-0.3, -0.25) is 0 Å². The zero-order chi connectivity index (χ0) is 34.0. The fraction of sp³-hybridized carbons (Fsp3) is 0.511. The van der Waals surface area contributed by atoms with Crippen molar-refractivity contribution in [3.8, 4) is 6.07 Å². The van der Waals surface area contributed by atoms with Gasteiger partial charge in [-0.05, 0) is 104 Å². The normalized spacial score (nSPS) is 20.3. The van der Waals surface area contributed by atoms with E-state index in [0.29, 0.717) is 29.7 Å². The molecule has 4 saturated carbocycles. The predicted octanol–water partition coefficient (Wildman–Crippen LogP) is 12.8. The molecule has 4 aliphatic carbocycles. The van der Waals surface area contributed by atoms with Gasteiger partial charge >= 0.3 is 0 Å². The van der Waals surface area contributed by atoms with Crippen LogP contribution in [-0.4, -0.2) is 24.2 Å². The minimum absolute atomic E-state index is 0.696. The van der Waals surface area contributed by atoms with E-state index in [2.05, 4.69) is 101 Å². The molecule has 50 heavy (non-hydrogen) atoms. The van der Waals surface area contributed by atoms with Gasteiger partial charge in [0.05, 0.1) is 11.6 Å². The lowest BCUT2D eigenvalue weighted by atomic mass is 9.88. The summed E-state index contributed by atoms with van der Waals surface area (Å²) in [6.07, 6.45) is 35.9. The molecule has 0 spiro atoms. The Hall–Kier alpha value is -3.77. The van der Waals surface area contributed by atoms with Crippen LogP contribution >= 0.6 is 0 Å². The molecule has 0 aromatic heterocycles. The van der Waals surface area contributed by atoms with E-state index in [0.717, 1.165) is 11.1 Å². The van der Waals surface area contributed by atoms with Gasteiger partial charge in [0, 0.05) is 35.5 Å². The van der Waals surface area contributed by atoms with E-state index in [-0.39, 0.29) is 0 Å². The maximum Gasteiger partial charge on any atom is 0.0998 e. The predicted molar refractivity (Wildman–Crippen MR) is 214 cm³/mol. The molecule has 7 rings (SSSR count). The Balaban J connectivity index is 1.01. The summed E-state index contributed by atoms with van der Waals surface area (Å²) in [6, 6.07) is 30.0. The summed E-state index contributed by atoms with van der Waals surface area (Å²) in [4.78, 5) is 5.62. The lowest BCUT2D eigenvalue weighted by Crippen LogP contribution is -2.45. The summed E-state index contributed by atoms with van der Waals surface area (Å²) < 4.78 is 0. The van der Waals surface area contributed by atoms with Crippen molar-refractivity contribution < 1.29 is 0 Å². The Labute approximate surface area is 303 Å². The third-order valence-electron chi connectivity index (χ3n) is 12.4. The van der Waals surface area contributed by atoms with E-state index in [4.69, 9.17) is 0 Å². The van der Waals surface area contributed by atoms with Crippen LogP contribution in [0.15, 0.2) is 66.7 Å². The van der Waals surface area contributed by atoms with E-state index in [1.165, 1.54) is 151 Å². The van der Waals surface area contributed by atoms with Crippen LogP contribution in [0.25, 0.3) is 24.3 Å². The summed E-state index contributed by atoms with van der Waals surface area (Å²) in [5.74, 6) is 0. The van der Waals surface area contributed by atoms with Crippen LogP contribution in [0.2, 0.25) is 0 Å². The number of nitrogens with zero attached hydrogens (tertiary/aromatic N) is 3. The molecule has 0 atom stereocenters. The SMILES string of the molecule is N#Cc1cc(/C=C/c2ccc(N(C3CCCCC3)C3CCCCC3)cc2)ccc1/C=C/c1ccc(N(C2CCCCC2)C2CCCCC2)cc1. The van der Waals surface area contributed by atoms with Gasteiger partial charge in [-0.2, -0.15) is 5.26 Å². The van der Waals surface area contributed by atoms with Crippen molar-refractivity contribution in [2.24, 2.45) is 0 Å². The van der Waals surface area contributed by atoms with Gasteiger partial charge in [0.15, 0.2) is 0 Å². The van der Waals surface area contributed by atoms with Gasteiger partial charge in [0.1, 0.15) is 0 Å². The maximum atomic E-state index is 10.0. The number of hydrogen-bond acceptors (Lipinski definition) is 3. The molecule has 262 valence electrons. The Kier molecular flexibility index (Phi) is 12.1. The molecule has 0 aliphatic heterocycles. The average molecular weight is 666 g/mol. The first kappa shape index (κ1) is 34.7. The highest BCUT2D eigenvalue weighted by molar-refractivity contribution is 5.76. The van der Waals surface area contributed by atoms with E-state index in [9.17, 15) is 5.26 Å². The molecule has 4 aliphatic rings. The Morgan fingerprint density at radius 3 is 1.14 bits per heavy atom. The van der Waals surface area contributed by atoms with Crippen LogP contribution in [0.5, 0.6) is 0 Å². The molecule has 4 fully saturated rings. The lowest BCUT2D eigenvalue weighted by molar-refractivity contribution is 0.340. The summed E-state index contributed by atoms with van der Waals surface area (Å²) >= 11 is 0. The molecule has 3 nitrogen and oxygen atoms in total. The van der Waals surface area contributed by atoms with Crippen molar-refractivity contribution in [3.05, 3.63) is 94.5 Å². The first-order chi connectivity index (χ1) is 24.7. The van der Waals surface area contributed by atoms with E-state index in [1.807, 2.05) is 6.07 Å². The summed E-state index contributed by atoms with van der Waals surface area (Å²) in [5, 5.41) is 10.0. The third kappa shape index (κ3) is 8.74. The topological polar surface area (TPSA) is 30.3 Å². The zero-order valence-corrected chi connectivity index (χ0v) is 30.5. The molecule has 0 N–H and O–H groups in total. The number of hydrogen-bond donors (Lipinski definition) is 0. The second kappa shape index (κ2) is 17.4. The number of rotatable bonds is 10. The minimum atomic E-state index is 0.696. The molecular formula is C47H59N3. The summed E-state index contributed by atoms with van der Waals surface area (Å²) in [7, 11) is 0. The molecule has 0 unspecified atom stereocenters. The molecule has 0 radical (unpaired) electrons. The molecule has 0 bridgehead atoms. The van der Waals surface area contributed by atoms with Crippen LogP contribution in [-0.2, 0) is 0 Å². The molecule has 0 saturated heterocycles. The highest BCUT2D eigenvalue weighted by Gasteiger charge is 2.30. The van der Waals surface area contributed by atoms with Gasteiger partial charge < -0.3 is 9.80 Å². The van der Waals surface area contributed by atoms with Gasteiger partial charge in [-0.25, -0.2) is 0 Å². The molecule has 3 aromatic carbocycles. The molecule has 0 amide bonds. The molecular weight excluding hydrogens is 607 g/mol. The van der Waals surface area contributed by atoms with Crippen molar-refractivity contribution in [3.63, 3.8) is 0 Å². The summed E-state index contributed by atoms with van der Waals surface area (Å²) in [6.45, 7) is 0. The van der Waals surface area contributed by atoms with Gasteiger partial charge in [0.2, 0.25) is 0 Å². The van der Waals surface area contributed by atoms with Crippen molar-refractivity contribution in [2.75, 3.05) is 9.80 Å². The van der Waals surface area contributed by atoms with E-state index >= 15 is 0 Å². The van der Waals surface area contributed by atoms with Gasteiger partial charge in [0.25, 0.3) is 0 Å². The Bertz CT molecular complexity index is 1550. The van der Waals surface area contributed by atoms with Crippen LogP contribution < -0.4 is 9.80 Å². The summed E-state index contributed by atoms with van der Waals surface area (Å²) in [5.41, 5.74) is 7.94. The first-order valence-corrected chi connectivity index (χ1v) is 20.4. The van der Waals surface area contributed by atoms with E-state index in [1.54, 1.807) is 0 Å². The second-order valence-corrected chi connectivity index (χ2v) is 15.8. The Morgan fingerprint density at radius 2 is 0.760 bits per heavy atom. The van der Waals surface area contributed by atoms with Crippen LogP contribution in [0, 0.1) is 11.3 Å². The standard InChI is InChI=1S/C47H59N3/c48-36-41-35-39(22-21-37-25-31-46(32-26-37)49(42-13-5-1-6-14-42)43-15-7-2-8-16-43)24-30-40(41)29-23-38-27-33-47(34-28-38)50(44-17-9-3-10-18-44)45-19-11-4-12-20-45/h21-35,42-45H,1-20H2/b22-21+,29-23+.